The standard InChI is InChI=1S/C18H23N2/c1-6-14(13-19-4)11-12-17-18(2,3)15-9-7-8-10-16(15)20(17)5/h6-13H,1-5H3/q+1/b12-11+,14-6-,19-13-. The maximum Gasteiger partial charge on any atom is 0.209 e. The van der Waals surface area contributed by atoms with E-state index in [1.807, 2.05) is 13.1 Å². The third-order valence-electron chi connectivity index (χ3n) is 3.99. The molecule has 0 bridgehead atoms. The predicted molar refractivity (Wildman–Crippen MR) is 87.6 cm³/mol. The van der Waals surface area contributed by atoms with Crippen molar-refractivity contribution in [2.45, 2.75) is 26.2 Å². The molecule has 2 heteroatoms. The van der Waals surface area contributed by atoms with Crippen LogP contribution in [0.25, 0.3) is 0 Å². The molecule has 0 N–H and O–H groups in total. The summed E-state index contributed by atoms with van der Waals surface area (Å²) in [5.74, 6) is 0. The summed E-state index contributed by atoms with van der Waals surface area (Å²) in [6.45, 7) is 6.58. The van der Waals surface area contributed by atoms with Gasteiger partial charge >= 0.3 is 0 Å². The zero-order valence-corrected chi connectivity index (χ0v) is 13.0. The van der Waals surface area contributed by atoms with Crippen LogP contribution in [0, 0.1) is 0 Å². The lowest BCUT2D eigenvalue weighted by Crippen LogP contribution is -2.26. The first-order valence-electron chi connectivity index (χ1n) is 6.99. The molecule has 0 unspecified atom stereocenters. The van der Waals surface area contributed by atoms with E-state index in [2.05, 4.69) is 73.0 Å². The van der Waals surface area contributed by atoms with Crippen molar-refractivity contribution >= 4 is 17.6 Å². The van der Waals surface area contributed by atoms with Crippen LogP contribution in [-0.4, -0.2) is 30.6 Å². The molecule has 0 atom stereocenters. The van der Waals surface area contributed by atoms with Crippen molar-refractivity contribution in [3.8, 4) is 0 Å². The molecule has 0 saturated heterocycles. The molecule has 1 aromatic carbocycles. The first-order valence-corrected chi connectivity index (χ1v) is 6.99. The Bertz CT molecular complexity index is 629. The van der Waals surface area contributed by atoms with Gasteiger partial charge in [0.2, 0.25) is 5.69 Å². The van der Waals surface area contributed by atoms with Crippen LogP contribution in [-0.2, 0) is 5.41 Å². The monoisotopic (exact) mass is 267 g/mol. The van der Waals surface area contributed by atoms with Gasteiger partial charge < -0.3 is 0 Å². The fraction of sp³-hybridized carbons (Fsp3) is 0.333. The highest BCUT2D eigenvalue weighted by Crippen LogP contribution is 2.38. The minimum Gasteiger partial charge on any atom is -0.296 e. The number of para-hydroxylation sites is 1. The summed E-state index contributed by atoms with van der Waals surface area (Å²) in [4.78, 5) is 4.08. The van der Waals surface area contributed by atoms with Gasteiger partial charge in [0.15, 0.2) is 5.71 Å². The van der Waals surface area contributed by atoms with E-state index in [1.54, 1.807) is 7.05 Å². The van der Waals surface area contributed by atoms with Gasteiger partial charge in [-0.05, 0) is 32.4 Å². The number of nitrogens with zero attached hydrogens (tertiary/aromatic N) is 2. The molecule has 2 rings (SSSR count). The Morgan fingerprint density at radius 2 is 1.95 bits per heavy atom. The van der Waals surface area contributed by atoms with Gasteiger partial charge in [0.25, 0.3) is 0 Å². The Kier molecular flexibility index (Phi) is 4.03. The lowest BCUT2D eigenvalue weighted by Gasteiger charge is -2.15. The number of aliphatic imine (C=N–C) groups is 1. The van der Waals surface area contributed by atoms with Crippen LogP contribution in [0.1, 0.15) is 26.3 Å². The second kappa shape index (κ2) is 5.58. The maximum atomic E-state index is 4.08. The summed E-state index contributed by atoms with van der Waals surface area (Å²) >= 11 is 0. The van der Waals surface area contributed by atoms with Crippen molar-refractivity contribution < 1.29 is 4.58 Å². The second-order valence-electron chi connectivity index (χ2n) is 5.60. The molecule has 0 saturated carbocycles. The molecule has 20 heavy (non-hydrogen) atoms. The number of fused-ring (bicyclic) bond motifs is 1. The molecule has 0 fully saturated rings. The van der Waals surface area contributed by atoms with Gasteiger partial charge in [-0.1, -0.05) is 24.3 Å². The molecule has 0 aromatic heterocycles. The number of hydrogen-bond acceptors (Lipinski definition) is 1. The highest BCUT2D eigenvalue weighted by atomic mass is 15.0. The zero-order valence-electron chi connectivity index (χ0n) is 13.0. The maximum absolute atomic E-state index is 4.08. The lowest BCUT2D eigenvalue weighted by molar-refractivity contribution is -0.401. The SMILES string of the molecule is C/C=C(\C=N/C)/C=C/C1=[N+](C)c2ccccc2C1(C)C. The molecule has 1 heterocycles. The van der Waals surface area contributed by atoms with Crippen LogP contribution in [0.5, 0.6) is 0 Å². The van der Waals surface area contributed by atoms with Crippen molar-refractivity contribution in [1.82, 2.24) is 0 Å². The van der Waals surface area contributed by atoms with E-state index in [1.165, 1.54) is 17.0 Å². The average Bonchev–Trinajstić information content (AvgIpc) is 2.64. The molecule has 1 aromatic rings. The third-order valence-corrected chi connectivity index (χ3v) is 3.99. The summed E-state index contributed by atoms with van der Waals surface area (Å²) in [6, 6.07) is 8.61. The summed E-state index contributed by atoms with van der Waals surface area (Å²) < 4.78 is 2.28. The van der Waals surface area contributed by atoms with Gasteiger partial charge in [-0.2, -0.15) is 4.58 Å². The zero-order chi connectivity index (χ0) is 14.8. The minimum absolute atomic E-state index is 0.0318. The molecular weight excluding hydrogens is 244 g/mol. The van der Waals surface area contributed by atoms with Crippen LogP contribution in [0.2, 0.25) is 0 Å². The molecule has 1 aliphatic rings. The fourth-order valence-corrected chi connectivity index (χ4v) is 2.84. The van der Waals surface area contributed by atoms with Crippen molar-refractivity contribution in [1.29, 1.82) is 0 Å². The second-order valence-corrected chi connectivity index (χ2v) is 5.60. The first-order chi connectivity index (χ1) is 9.52. The van der Waals surface area contributed by atoms with Crippen LogP contribution >= 0.6 is 0 Å². The van der Waals surface area contributed by atoms with Crippen molar-refractivity contribution in [2.24, 2.45) is 4.99 Å². The molecular formula is C18H23N2+. The third kappa shape index (κ3) is 2.38. The van der Waals surface area contributed by atoms with Gasteiger partial charge in [-0.15, -0.1) is 0 Å². The van der Waals surface area contributed by atoms with Gasteiger partial charge in [0.1, 0.15) is 7.05 Å². The summed E-state index contributed by atoms with van der Waals surface area (Å²) in [7, 11) is 3.93. The van der Waals surface area contributed by atoms with Crippen LogP contribution in [0.15, 0.2) is 53.1 Å². The smallest absolute Gasteiger partial charge is 0.209 e. The van der Waals surface area contributed by atoms with Crippen LogP contribution in [0.3, 0.4) is 0 Å². The van der Waals surface area contributed by atoms with Gasteiger partial charge in [-0.3, -0.25) is 4.99 Å². The van der Waals surface area contributed by atoms with E-state index in [-0.39, 0.29) is 5.41 Å². The Balaban J connectivity index is 2.44. The van der Waals surface area contributed by atoms with Crippen LogP contribution in [0.4, 0.5) is 5.69 Å². The fourth-order valence-electron chi connectivity index (χ4n) is 2.84. The van der Waals surface area contributed by atoms with E-state index < -0.39 is 0 Å². The number of rotatable bonds is 3. The van der Waals surface area contributed by atoms with Crippen molar-refractivity contribution in [2.75, 3.05) is 14.1 Å². The molecule has 1 aliphatic heterocycles. The Morgan fingerprint density at radius 1 is 1.25 bits per heavy atom. The number of allylic oxidation sites excluding steroid dienone is 4. The predicted octanol–water partition coefficient (Wildman–Crippen LogP) is 3.90. The highest BCUT2D eigenvalue weighted by molar-refractivity contribution is 6.04. The van der Waals surface area contributed by atoms with E-state index in [0.717, 1.165) is 5.57 Å². The Hall–Kier alpha value is -1.96. The van der Waals surface area contributed by atoms with Crippen LogP contribution < -0.4 is 0 Å². The first kappa shape index (κ1) is 14.4. The summed E-state index contributed by atoms with van der Waals surface area (Å²) in [6.07, 6.45) is 8.29. The van der Waals surface area contributed by atoms with Crippen molar-refractivity contribution in [3.63, 3.8) is 0 Å². The molecule has 0 amide bonds. The minimum atomic E-state index is 0.0318. The molecule has 0 spiro atoms. The number of hydrogen-bond donors (Lipinski definition) is 0. The van der Waals surface area contributed by atoms with E-state index in [4.69, 9.17) is 0 Å². The largest absolute Gasteiger partial charge is 0.296 e. The Morgan fingerprint density at radius 3 is 2.55 bits per heavy atom. The molecule has 0 radical (unpaired) electrons. The van der Waals surface area contributed by atoms with Gasteiger partial charge in [-0.25, -0.2) is 0 Å². The van der Waals surface area contributed by atoms with E-state index >= 15 is 0 Å². The van der Waals surface area contributed by atoms with E-state index in [0.29, 0.717) is 0 Å². The topological polar surface area (TPSA) is 15.4 Å². The number of benzene rings is 1. The molecule has 2 nitrogen and oxygen atoms in total. The average molecular weight is 267 g/mol. The van der Waals surface area contributed by atoms with Crippen molar-refractivity contribution in [3.05, 3.63) is 53.6 Å². The quantitative estimate of drug-likeness (QED) is 0.448. The lowest BCUT2D eigenvalue weighted by atomic mass is 9.81. The normalized spacial score (nSPS) is 18.4. The van der Waals surface area contributed by atoms with Gasteiger partial charge in [0.05, 0.1) is 5.41 Å². The Labute approximate surface area is 121 Å². The molecule has 0 aliphatic carbocycles. The van der Waals surface area contributed by atoms with E-state index in [9.17, 15) is 0 Å². The highest BCUT2D eigenvalue weighted by Gasteiger charge is 2.42. The molecule has 104 valence electrons. The summed E-state index contributed by atoms with van der Waals surface area (Å²) in [5.41, 5.74) is 5.14. The summed E-state index contributed by atoms with van der Waals surface area (Å²) in [5, 5.41) is 0. The van der Waals surface area contributed by atoms with Gasteiger partial charge in [0, 0.05) is 31.0 Å².